The van der Waals surface area contributed by atoms with Gasteiger partial charge in [-0.1, -0.05) is 24.3 Å². The van der Waals surface area contributed by atoms with Gasteiger partial charge < -0.3 is 0 Å². The molecule has 0 heterocycles. The van der Waals surface area contributed by atoms with Crippen molar-refractivity contribution in [3.05, 3.63) is 45.5 Å². The number of hydrogen-bond donors (Lipinski definition) is 0. The van der Waals surface area contributed by atoms with E-state index < -0.39 is 11.0 Å². The van der Waals surface area contributed by atoms with Gasteiger partial charge in [-0.15, -0.1) is 0 Å². The van der Waals surface area contributed by atoms with Crippen molar-refractivity contribution in [1.82, 2.24) is 0 Å². The van der Waals surface area contributed by atoms with Crippen LogP contribution in [0.5, 0.6) is 0 Å². The Morgan fingerprint density at radius 2 is 2.00 bits per heavy atom. The highest BCUT2D eigenvalue weighted by atomic mass is 16.6. The van der Waals surface area contributed by atoms with Crippen LogP contribution in [0.25, 0.3) is 0 Å². The summed E-state index contributed by atoms with van der Waals surface area (Å²) >= 11 is 0. The van der Waals surface area contributed by atoms with Gasteiger partial charge in [-0.05, 0) is 12.0 Å². The molecule has 0 fully saturated rings. The fourth-order valence-corrected chi connectivity index (χ4v) is 1.83. The van der Waals surface area contributed by atoms with Crippen molar-refractivity contribution in [3.8, 4) is 0 Å². The van der Waals surface area contributed by atoms with Crippen molar-refractivity contribution in [2.24, 2.45) is 0 Å². The summed E-state index contributed by atoms with van der Waals surface area (Å²) in [6.07, 6.45) is 0.905. The lowest BCUT2D eigenvalue weighted by Gasteiger charge is -2.17. The standard InChI is InChI=1S/C10H9NO3/c12-9-6-5-7-3-1-2-4-8(7)10(9)11(13)14/h1-4,10H,5-6H2. The molecule has 0 spiro atoms. The van der Waals surface area contributed by atoms with E-state index in [9.17, 15) is 14.9 Å². The molecule has 0 amide bonds. The lowest BCUT2D eigenvalue weighted by Crippen LogP contribution is -2.26. The van der Waals surface area contributed by atoms with Crippen molar-refractivity contribution < 1.29 is 9.72 Å². The first-order chi connectivity index (χ1) is 6.70. The maximum absolute atomic E-state index is 11.4. The quantitative estimate of drug-likeness (QED) is 0.499. The maximum Gasteiger partial charge on any atom is 0.295 e. The Morgan fingerprint density at radius 3 is 2.71 bits per heavy atom. The van der Waals surface area contributed by atoms with Gasteiger partial charge in [0.25, 0.3) is 6.04 Å². The van der Waals surface area contributed by atoms with Gasteiger partial charge >= 0.3 is 0 Å². The van der Waals surface area contributed by atoms with Gasteiger partial charge in [0.2, 0.25) is 5.78 Å². The Balaban J connectivity index is 2.51. The van der Waals surface area contributed by atoms with E-state index in [0.29, 0.717) is 12.0 Å². The molecule has 2 rings (SSSR count). The van der Waals surface area contributed by atoms with Crippen LogP contribution in [0.2, 0.25) is 0 Å². The number of fused-ring (bicyclic) bond motifs is 1. The molecule has 1 aliphatic carbocycles. The highest BCUT2D eigenvalue weighted by molar-refractivity contribution is 5.86. The van der Waals surface area contributed by atoms with Crippen LogP contribution in [-0.2, 0) is 11.2 Å². The van der Waals surface area contributed by atoms with E-state index in [1.165, 1.54) is 0 Å². The molecule has 72 valence electrons. The van der Waals surface area contributed by atoms with Crippen LogP contribution in [-0.4, -0.2) is 10.7 Å². The molecule has 0 saturated carbocycles. The minimum atomic E-state index is -1.14. The Kier molecular flexibility index (Phi) is 2.04. The average molecular weight is 191 g/mol. The summed E-state index contributed by atoms with van der Waals surface area (Å²) in [5, 5.41) is 10.7. The molecule has 1 unspecified atom stereocenters. The predicted molar refractivity (Wildman–Crippen MR) is 49.5 cm³/mol. The van der Waals surface area contributed by atoms with Gasteiger partial charge in [-0.2, -0.15) is 0 Å². The number of nitrogens with zero attached hydrogens (tertiary/aromatic N) is 1. The Morgan fingerprint density at radius 1 is 1.29 bits per heavy atom. The second-order valence-electron chi connectivity index (χ2n) is 3.35. The summed E-state index contributed by atoms with van der Waals surface area (Å²) in [5.74, 6) is -0.284. The summed E-state index contributed by atoms with van der Waals surface area (Å²) in [7, 11) is 0. The molecular weight excluding hydrogens is 182 g/mol. The lowest BCUT2D eigenvalue weighted by atomic mass is 9.87. The zero-order valence-electron chi connectivity index (χ0n) is 7.47. The van der Waals surface area contributed by atoms with E-state index in [4.69, 9.17) is 0 Å². The van der Waals surface area contributed by atoms with Crippen LogP contribution >= 0.6 is 0 Å². The van der Waals surface area contributed by atoms with Gasteiger partial charge in [-0.25, -0.2) is 0 Å². The summed E-state index contributed by atoms with van der Waals surface area (Å²) in [6, 6.07) is 5.94. The van der Waals surface area contributed by atoms with Crippen LogP contribution in [0.4, 0.5) is 0 Å². The van der Waals surface area contributed by atoms with Crippen LogP contribution < -0.4 is 0 Å². The molecule has 1 aromatic rings. The number of carbonyl (C=O) groups is 1. The molecule has 0 aromatic heterocycles. The first-order valence-corrected chi connectivity index (χ1v) is 4.44. The van der Waals surface area contributed by atoms with E-state index in [1.807, 2.05) is 12.1 Å². The summed E-state index contributed by atoms with van der Waals surface area (Å²) in [4.78, 5) is 21.6. The van der Waals surface area contributed by atoms with E-state index in [0.717, 1.165) is 5.56 Å². The zero-order chi connectivity index (χ0) is 10.1. The molecule has 1 aliphatic rings. The van der Waals surface area contributed by atoms with Crippen LogP contribution in [0.1, 0.15) is 23.6 Å². The third-order valence-electron chi connectivity index (χ3n) is 2.51. The normalized spacial score (nSPS) is 20.3. The molecule has 0 N–H and O–H groups in total. The molecule has 1 aromatic carbocycles. The van der Waals surface area contributed by atoms with Crippen molar-refractivity contribution in [2.75, 3.05) is 0 Å². The second kappa shape index (κ2) is 3.21. The average Bonchev–Trinajstić information content (AvgIpc) is 2.17. The van der Waals surface area contributed by atoms with Gasteiger partial charge in [0, 0.05) is 16.9 Å². The van der Waals surface area contributed by atoms with Gasteiger partial charge in [0.05, 0.1) is 0 Å². The minimum Gasteiger partial charge on any atom is -0.292 e. The maximum atomic E-state index is 11.4. The fraction of sp³-hybridized carbons (Fsp3) is 0.300. The topological polar surface area (TPSA) is 60.2 Å². The van der Waals surface area contributed by atoms with Crippen LogP contribution in [0, 0.1) is 10.1 Å². The molecule has 0 saturated heterocycles. The number of benzene rings is 1. The van der Waals surface area contributed by atoms with E-state index in [2.05, 4.69) is 0 Å². The number of carbonyl (C=O) groups excluding carboxylic acids is 1. The van der Waals surface area contributed by atoms with E-state index in [1.54, 1.807) is 12.1 Å². The summed E-state index contributed by atoms with van der Waals surface area (Å²) in [6.45, 7) is 0. The molecular formula is C10H9NO3. The van der Waals surface area contributed by atoms with Crippen molar-refractivity contribution in [2.45, 2.75) is 18.9 Å². The molecule has 14 heavy (non-hydrogen) atoms. The van der Waals surface area contributed by atoms with Crippen LogP contribution in [0.15, 0.2) is 24.3 Å². The van der Waals surface area contributed by atoms with Crippen molar-refractivity contribution in [3.63, 3.8) is 0 Å². The van der Waals surface area contributed by atoms with Crippen molar-refractivity contribution in [1.29, 1.82) is 0 Å². The first-order valence-electron chi connectivity index (χ1n) is 4.44. The minimum absolute atomic E-state index is 0.280. The number of ketones is 1. The van der Waals surface area contributed by atoms with Crippen LogP contribution in [0.3, 0.4) is 0 Å². The van der Waals surface area contributed by atoms with Gasteiger partial charge in [0.1, 0.15) is 0 Å². The first kappa shape index (κ1) is 8.87. The highest BCUT2D eigenvalue weighted by Gasteiger charge is 2.36. The Bertz CT molecular complexity index is 400. The highest BCUT2D eigenvalue weighted by Crippen LogP contribution is 2.28. The smallest absolute Gasteiger partial charge is 0.292 e. The molecule has 4 nitrogen and oxygen atoms in total. The number of Topliss-reactive ketones (excluding diaryl/α,β-unsaturated/α-hetero) is 1. The summed E-state index contributed by atoms with van der Waals surface area (Å²) in [5.41, 5.74) is 1.49. The molecule has 4 heteroatoms. The number of hydrogen-bond acceptors (Lipinski definition) is 3. The Labute approximate surface area is 80.7 Å². The zero-order valence-corrected chi connectivity index (χ0v) is 7.47. The third-order valence-corrected chi connectivity index (χ3v) is 2.51. The molecule has 0 bridgehead atoms. The molecule has 0 aliphatic heterocycles. The third kappa shape index (κ3) is 1.28. The SMILES string of the molecule is O=C1CCc2ccccc2C1[N+](=O)[O-]. The predicted octanol–water partition coefficient (Wildman–Crippen LogP) is 1.52. The number of aryl methyl sites for hydroxylation is 1. The second-order valence-corrected chi connectivity index (χ2v) is 3.35. The number of nitro groups is 1. The lowest BCUT2D eigenvalue weighted by molar-refractivity contribution is -0.513. The molecule has 0 radical (unpaired) electrons. The van der Waals surface area contributed by atoms with Gasteiger partial charge in [-0.3, -0.25) is 14.9 Å². The fourth-order valence-electron chi connectivity index (χ4n) is 1.83. The largest absolute Gasteiger partial charge is 0.295 e. The Hall–Kier alpha value is -1.71. The van der Waals surface area contributed by atoms with Gasteiger partial charge in [0.15, 0.2) is 0 Å². The molecule has 1 atom stereocenters. The van der Waals surface area contributed by atoms with E-state index >= 15 is 0 Å². The van der Waals surface area contributed by atoms with E-state index in [-0.39, 0.29) is 12.2 Å². The monoisotopic (exact) mass is 191 g/mol. The number of rotatable bonds is 1. The summed E-state index contributed by atoms with van der Waals surface area (Å²) < 4.78 is 0. The van der Waals surface area contributed by atoms with Crippen molar-refractivity contribution >= 4 is 5.78 Å².